The number of aliphatic imine (C=N–C) groups is 1. The summed E-state index contributed by atoms with van der Waals surface area (Å²) >= 11 is 1.61. The molecule has 80 valence electrons. The zero-order valence-corrected chi connectivity index (χ0v) is 9.91. The average Bonchev–Trinajstić information content (AvgIpc) is 2.26. The molecule has 1 rings (SSSR count). The van der Waals surface area contributed by atoms with E-state index in [4.69, 9.17) is 0 Å². The van der Waals surface area contributed by atoms with Crippen molar-refractivity contribution in [1.82, 2.24) is 4.90 Å². The van der Waals surface area contributed by atoms with Crippen LogP contribution >= 0.6 is 11.8 Å². The summed E-state index contributed by atoms with van der Waals surface area (Å²) in [6.45, 7) is 0. The maximum Gasteiger partial charge on any atom is 0.278 e. The van der Waals surface area contributed by atoms with Crippen molar-refractivity contribution in [3.05, 3.63) is 29.8 Å². The first kappa shape index (κ1) is 11.8. The molecule has 15 heavy (non-hydrogen) atoms. The van der Waals surface area contributed by atoms with Gasteiger partial charge in [-0.25, -0.2) is 0 Å². The normalized spacial score (nSPS) is 10.6. The van der Waals surface area contributed by atoms with Gasteiger partial charge in [-0.3, -0.25) is 4.79 Å². The van der Waals surface area contributed by atoms with Crippen molar-refractivity contribution >= 4 is 24.0 Å². The number of thioether (sulfide) groups is 1. The van der Waals surface area contributed by atoms with E-state index in [1.165, 1.54) is 6.34 Å². The van der Waals surface area contributed by atoms with Crippen LogP contribution in [0.5, 0.6) is 0 Å². The average molecular weight is 222 g/mol. The topological polar surface area (TPSA) is 32.7 Å². The molecule has 0 aliphatic heterocycles. The Balaban J connectivity index is 2.82. The third kappa shape index (κ3) is 3.75. The number of rotatable bonds is 3. The fourth-order valence-electron chi connectivity index (χ4n) is 0.999. The highest BCUT2D eigenvalue weighted by Gasteiger charge is 2.03. The molecule has 0 heterocycles. The highest BCUT2D eigenvalue weighted by Crippen LogP contribution is 2.16. The van der Waals surface area contributed by atoms with Crippen molar-refractivity contribution in [3.63, 3.8) is 0 Å². The lowest BCUT2D eigenvalue weighted by Gasteiger charge is -2.02. The van der Waals surface area contributed by atoms with Gasteiger partial charge in [0, 0.05) is 24.6 Å². The van der Waals surface area contributed by atoms with E-state index in [2.05, 4.69) is 4.99 Å². The van der Waals surface area contributed by atoms with Crippen molar-refractivity contribution in [3.8, 4) is 0 Å². The minimum atomic E-state index is -0.209. The van der Waals surface area contributed by atoms with Gasteiger partial charge in [0.1, 0.15) is 0 Å². The molecule has 0 saturated carbocycles. The third-order valence-electron chi connectivity index (χ3n) is 1.72. The number of amides is 1. The Morgan fingerprint density at radius 2 is 2.20 bits per heavy atom. The summed E-state index contributed by atoms with van der Waals surface area (Å²) in [5.41, 5.74) is 0.625. The van der Waals surface area contributed by atoms with Crippen LogP contribution in [-0.4, -0.2) is 37.5 Å². The van der Waals surface area contributed by atoms with Gasteiger partial charge >= 0.3 is 0 Å². The molecular weight excluding hydrogens is 208 g/mol. The second kappa shape index (κ2) is 5.56. The van der Waals surface area contributed by atoms with E-state index >= 15 is 0 Å². The Kier molecular flexibility index (Phi) is 4.37. The highest BCUT2D eigenvalue weighted by atomic mass is 32.2. The maximum absolute atomic E-state index is 11.6. The van der Waals surface area contributed by atoms with Gasteiger partial charge in [-0.15, -0.1) is 11.8 Å². The molecule has 0 spiro atoms. The molecule has 0 N–H and O–H groups in total. The van der Waals surface area contributed by atoms with Gasteiger partial charge in [0.2, 0.25) is 0 Å². The summed E-state index contributed by atoms with van der Waals surface area (Å²) in [5, 5.41) is 0. The van der Waals surface area contributed by atoms with E-state index in [0.29, 0.717) is 5.56 Å². The van der Waals surface area contributed by atoms with E-state index in [9.17, 15) is 4.79 Å². The molecule has 0 bridgehead atoms. The largest absolute Gasteiger partial charge is 0.369 e. The first-order valence-electron chi connectivity index (χ1n) is 4.52. The van der Waals surface area contributed by atoms with Gasteiger partial charge in [-0.05, 0) is 24.5 Å². The Morgan fingerprint density at radius 1 is 1.47 bits per heavy atom. The molecule has 4 heteroatoms. The molecule has 1 aromatic carbocycles. The van der Waals surface area contributed by atoms with Crippen LogP contribution < -0.4 is 0 Å². The maximum atomic E-state index is 11.6. The molecule has 1 aromatic rings. The quantitative estimate of drug-likeness (QED) is 0.446. The molecule has 0 fully saturated rings. The van der Waals surface area contributed by atoms with Crippen molar-refractivity contribution in [2.45, 2.75) is 4.90 Å². The predicted octanol–water partition coefficient (Wildman–Crippen LogP) is 2.14. The van der Waals surface area contributed by atoms with Gasteiger partial charge in [-0.1, -0.05) is 6.07 Å². The van der Waals surface area contributed by atoms with Crippen LogP contribution in [0.1, 0.15) is 10.4 Å². The number of hydrogen-bond donors (Lipinski definition) is 0. The fourth-order valence-corrected chi connectivity index (χ4v) is 1.46. The molecule has 0 atom stereocenters. The van der Waals surface area contributed by atoms with Crippen LogP contribution in [0, 0.1) is 0 Å². The van der Waals surface area contributed by atoms with Crippen LogP contribution in [0.15, 0.2) is 34.2 Å². The lowest BCUT2D eigenvalue weighted by molar-refractivity contribution is 0.100. The van der Waals surface area contributed by atoms with E-state index < -0.39 is 0 Å². The molecule has 0 aromatic heterocycles. The van der Waals surface area contributed by atoms with Crippen LogP contribution in [-0.2, 0) is 0 Å². The van der Waals surface area contributed by atoms with Crippen molar-refractivity contribution in [1.29, 1.82) is 0 Å². The lowest BCUT2D eigenvalue weighted by atomic mass is 10.2. The second-order valence-electron chi connectivity index (χ2n) is 3.25. The lowest BCUT2D eigenvalue weighted by Crippen LogP contribution is -2.09. The standard InChI is InChI=1S/C11H14N2OS/c1-13(2)8-12-11(14)9-5-4-6-10(7-9)15-3/h4-8H,1-3H3/b12-8+. The predicted molar refractivity (Wildman–Crippen MR) is 64.7 cm³/mol. The number of nitrogens with zero attached hydrogens (tertiary/aromatic N) is 2. The number of benzene rings is 1. The Bertz CT molecular complexity index is 375. The van der Waals surface area contributed by atoms with E-state index in [1.807, 2.05) is 38.6 Å². The summed E-state index contributed by atoms with van der Waals surface area (Å²) < 4.78 is 0. The van der Waals surface area contributed by atoms with Crippen molar-refractivity contribution in [2.75, 3.05) is 20.4 Å². The Hall–Kier alpha value is -1.29. The molecular formula is C11H14N2OS. The van der Waals surface area contributed by atoms with E-state index in [0.717, 1.165) is 4.90 Å². The second-order valence-corrected chi connectivity index (χ2v) is 4.12. The van der Waals surface area contributed by atoms with Crippen LogP contribution in [0.3, 0.4) is 0 Å². The summed E-state index contributed by atoms with van der Waals surface area (Å²) in [7, 11) is 3.66. The molecule has 0 unspecified atom stereocenters. The first-order chi connectivity index (χ1) is 7.13. The van der Waals surface area contributed by atoms with Crippen molar-refractivity contribution < 1.29 is 4.79 Å². The Labute approximate surface area is 94.2 Å². The number of carbonyl (C=O) groups is 1. The van der Waals surface area contributed by atoms with Gasteiger partial charge in [-0.2, -0.15) is 4.99 Å². The SMILES string of the molecule is CSc1cccc(C(=O)/N=C/N(C)C)c1. The molecule has 0 radical (unpaired) electrons. The smallest absolute Gasteiger partial charge is 0.278 e. The van der Waals surface area contributed by atoms with Crippen LogP contribution in [0.25, 0.3) is 0 Å². The Morgan fingerprint density at radius 3 is 2.80 bits per heavy atom. The monoisotopic (exact) mass is 222 g/mol. The molecule has 3 nitrogen and oxygen atoms in total. The fraction of sp³-hybridized carbons (Fsp3) is 0.273. The van der Waals surface area contributed by atoms with Gasteiger partial charge in [0.05, 0.1) is 6.34 Å². The zero-order valence-electron chi connectivity index (χ0n) is 9.10. The van der Waals surface area contributed by atoms with E-state index in [1.54, 1.807) is 22.7 Å². The summed E-state index contributed by atoms with van der Waals surface area (Å²) in [6.07, 6.45) is 3.49. The van der Waals surface area contributed by atoms with Crippen molar-refractivity contribution in [2.24, 2.45) is 4.99 Å². The highest BCUT2D eigenvalue weighted by molar-refractivity contribution is 7.98. The minimum Gasteiger partial charge on any atom is -0.369 e. The molecule has 0 saturated heterocycles. The number of carbonyl (C=O) groups excluding carboxylic acids is 1. The molecule has 0 aliphatic rings. The summed E-state index contributed by atoms with van der Waals surface area (Å²) in [6, 6.07) is 7.45. The van der Waals surface area contributed by atoms with Gasteiger partial charge in [0.15, 0.2) is 0 Å². The molecule has 1 amide bonds. The summed E-state index contributed by atoms with van der Waals surface area (Å²) in [4.78, 5) is 18.2. The van der Waals surface area contributed by atoms with Gasteiger partial charge in [0.25, 0.3) is 5.91 Å². The summed E-state index contributed by atoms with van der Waals surface area (Å²) in [5.74, 6) is -0.209. The molecule has 0 aliphatic carbocycles. The van der Waals surface area contributed by atoms with Crippen LogP contribution in [0.2, 0.25) is 0 Å². The van der Waals surface area contributed by atoms with E-state index in [-0.39, 0.29) is 5.91 Å². The van der Waals surface area contributed by atoms with Crippen LogP contribution in [0.4, 0.5) is 0 Å². The van der Waals surface area contributed by atoms with Gasteiger partial charge < -0.3 is 4.90 Å². The zero-order chi connectivity index (χ0) is 11.3. The number of hydrogen-bond acceptors (Lipinski definition) is 2. The minimum absolute atomic E-state index is 0.209. The first-order valence-corrected chi connectivity index (χ1v) is 5.75. The third-order valence-corrected chi connectivity index (χ3v) is 2.45.